The van der Waals surface area contributed by atoms with Crippen molar-refractivity contribution in [3.05, 3.63) is 35.9 Å². The molecule has 0 aliphatic heterocycles. The summed E-state index contributed by atoms with van der Waals surface area (Å²) in [4.78, 5) is 14.0. The average molecular weight is 277 g/mol. The molecule has 0 atom stereocenters. The van der Waals surface area contributed by atoms with Gasteiger partial charge in [-0.15, -0.1) is 0 Å². The molecule has 2 N–H and O–H groups in total. The molecule has 0 unspecified atom stereocenters. The fraction of sp³-hybridized carbons (Fsp3) is 0.562. The SMILES string of the molecule is CN(CCCNC(=O)c1ccccc1)CNC(C)(C)C. The van der Waals surface area contributed by atoms with Crippen molar-refractivity contribution in [2.24, 2.45) is 0 Å². The van der Waals surface area contributed by atoms with Gasteiger partial charge >= 0.3 is 0 Å². The van der Waals surface area contributed by atoms with Gasteiger partial charge in [0.2, 0.25) is 0 Å². The summed E-state index contributed by atoms with van der Waals surface area (Å²) in [5.41, 5.74) is 0.853. The third kappa shape index (κ3) is 7.26. The van der Waals surface area contributed by atoms with E-state index < -0.39 is 0 Å². The van der Waals surface area contributed by atoms with E-state index in [1.165, 1.54) is 0 Å². The second-order valence-electron chi connectivity index (χ2n) is 6.14. The normalized spacial score (nSPS) is 11.7. The number of benzene rings is 1. The van der Waals surface area contributed by atoms with Gasteiger partial charge in [-0.2, -0.15) is 0 Å². The fourth-order valence-electron chi connectivity index (χ4n) is 1.69. The summed E-state index contributed by atoms with van der Waals surface area (Å²) in [5.74, 6) is 0.000990. The third-order valence-corrected chi connectivity index (χ3v) is 2.92. The van der Waals surface area contributed by atoms with Gasteiger partial charge in [-0.1, -0.05) is 18.2 Å². The molecule has 0 saturated carbocycles. The van der Waals surface area contributed by atoms with Gasteiger partial charge in [-0.3, -0.25) is 15.0 Å². The number of hydrogen-bond donors (Lipinski definition) is 2. The maximum absolute atomic E-state index is 11.8. The molecule has 20 heavy (non-hydrogen) atoms. The number of rotatable bonds is 7. The van der Waals surface area contributed by atoms with Crippen LogP contribution in [-0.2, 0) is 0 Å². The highest BCUT2D eigenvalue weighted by atomic mass is 16.1. The Morgan fingerprint density at radius 2 is 1.85 bits per heavy atom. The van der Waals surface area contributed by atoms with E-state index in [0.29, 0.717) is 6.54 Å². The van der Waals surface area contributed by atoms with E-state index in [1.54, 1.807) is 0 Å². The van der Waals surface area contributed by atoms with E-state index in [9.17, 15) is 4.79 Å². The molecular weight excluding hydrogens is 250 g/mol. The van der Waals surface area contributed by atoms with Gasteiger partial charge in [0.15, 0.2) is 0 Å². The van der Waals surface area contributed by atoms with Crippen molar-refractivity contribution in [1.29, 1.82) is 0 Å². The molecular formula is C16H27N3O. The summed E-state index contributed by atoms with van der Waals surface area (Å²) in [6, 6.07) is 9.32. The Morgan fingerprint density at radius 1 is 1.20 bits per heavy atom. The highest BCUT2D eigenvalue weighted by Gasteiger charge is 2.09. The van der Waals surface area contributed by atoms with Crippen molar-refractivity contribution < 1.29 is 4.79 Å². The van der Waals surface area contributed by atoms with Gasteiger partial charge in [0.25, 0.3) is 5.91 Å². The van der Waals surface area contributed by atoms with Crippen LogP contribution in [0.3, 0.4) is 0 Å². The van der Waals surface area contributed by atoms with Crippen LogP contribution in [0.1, 0.15) is 37.6 Å². The van der Waals surface area contributed by atoms with Crippen LogP contribution in [0.15, 0.2) is 30.3 Å². The monoisotopic (exact) mass is 277 g/mol. The molecule has 0 aliphatic carbocycles. The Kier molecular flexibility index (Phi) is 6.68. The minimum Gasteiger partial charge on any atom is -0.352 e. The molecule has 112 valence electrons. The largest absolute Gasteiger partial charge is 0.352 e. The molecule has 0 fully saturated rings. The van der Waals surface area contributed by atoms with Gasteiger partial charge in [0.05, 0.1) is 0 Å². The molecule has 0 bridgehead atoms. The van der Waals surface area contributed by atoms with Crippen LogP contribution in [0.4, 0.5) is 0 Å². The standard InChI is InChI=1S/C16H27N3O/c1-16(2,3)18-13-19(4)12-8-11-17-15(20)14-9-6-5-7-10-14/h5-7,9-10,18H,8,11-13H2,1-4H3,(H,17,20). The topological polar surface area (TPSA) is 44.4 Å². The second kappa shape index (κ2) is 8.02. The highest BCUT2D eigenvalue weighted by molar-refractivity contribution is 5.94. The molecule has 1 rings (SSSR count). The maximum atomic E-state index is 11.8. The molecule has 0 aliphatic rings. The molecule has 0 saturated heterocycles. The van der Waals surface area contributed by atoms with Crippen LogP contribution in [-0.4, -0.2) is 43.2 Å². The van der Waals surface area contributed by atoms with Crippen molar-refractivity contribution in [2.45, 2.75) is 32.7 Å². The highest BCUT2D eigenvalue weighted by Crippen LogP contribution is 1.99. The Balaban J connectivity index is 2.14. The third-order valence-electron chi connectivity index (χ3n) is 2.92. The van der Waals surface area contributed by atoms with Gasteiger partial charge in [-0.05, 0) is 46.4 Å². The minimum absolute atomic E-state index is 0.000990. The fourth-order valence-corrected chi connectivity index (χ4v) is 1.69. The summed E-state index contributed by atoms with van der Waals surface area (Å²) in [5, 5.41) is 6.38. The van der Waals surface area contributed by atoms with Crippen molar-refractivity contribution in [3.63, 3.8) is 0 Å². The van der Waals surface area contributed by atoms with Gasteiger partial charge in [0, 0.05) is 30.9 Å². The zero-order valence-electron chi connectivity index (χ0n) is 13.1. The lowest BCUT2D eigenvalue weighted by molar-refractivity contribution is 0.0952. The number of carbonyl (C=O) groups is 1. The van der Waals surface area contributed by atoms with Crippen molar-refractivity contribution >= 4 is 5.91 Å². The van der Waals surface area contributed by atoms with Gasteiger partial charge in [0.1, 0.15) is 0 Å². The zero-order chi connectivity index (χ0) is 15.0. The van der Waals surface area contributed by atoms with Crippen molar-refractivity contribution in [3.8, 4) is 0 Å². The van der Waals surface area contributed by atoms with E-state index in [2.05, 4.69) is 43.4 Å². The van der Waals surface area contributed by atoms with Gasteiger partial charge in [-0.25, -0.2) is 0 Å². The minimum atomic E-state index is 0.000990. The van der Waals surface area contributed by atoms with E-state index in [1.807, 2.05) is 30.3 Å². The van der Waals surface area contributed by atoms with Crippen LogP contribution >= 0.6 is 0 Å². The number of nitrogens with one attached hydrogen (secondary N) is 2. The molecule has 4 nitrogen and oxygen atoms in total. The summed E-state index contributed by atoms with van der Waals surface area (Å²) in [6.45, 7) is 8.98. The zero-order valence-corrected chi connectivity index (χ0v) is 13.1. The van der Waals surface area contributed by atoms with Crippen molar-refractivity contribution in [1.82, 2.24) is 15.5 Å². The summed E-state index contributed by atoms with van der Waals surface area (Å²) in [7, 11) is 2.08. The first-order valence-electron chi connectivity index (χ1n) is 7.15. The lowest BCUT2D eigenvalue weighted by atomic mass is 10.1. The Morgan fingerprint density at radius 3 is 2.45 bits per heavy atom. The van der Waals surface area contributed by atoms with Crippen LogP contribution < -0.4 is 10.6 Å². The van der Waals surface area contributed by atoms with E-state index >= 15 is 0 Å². The predicted octanol–water partition coefficient (Wildman–Crippen LogP) is 2.08. The molecule has 1 amide bonds. The maximum Gasteiger partial charge on any atom is 0.251 e. The lowest BCUT2D eigenvalue weighted by Gasteiger charge is -2.25. The molecule has 1 aromatic rings. The predicted molar refractivity (Wildman–Crippen MR) is 83.8 cm³/mol. The van der Waals surface area contributed by atoms with Crippen molar-refractivity contribution in [2.75, 3.05) is 26.8 Å². The van der Waals surface area contributed by atoms with Crippen LogP contribution in [0, 0.1) is 0 Å². The first kappa shape index (κ1) is 16.7. The van der Waals surface area contributed by atoms with Gasteiger partial charge < -0.3 is 5.32 Å². The molecule has 0 spiro atoms. The smallest absolute Gasteiger partial charge is 0.251 e. The first-order valence-corrected chi connectivity index (χ1v) is 7.15. The summed E-state index contributed by atoms with van der Waals surface area (Å²) in [6.07, 6.45) is 0.945. The van der Waals surface area contributed by atoms with E-state index in [-0.39, 0.29) is 11.4 Å². The second-order valence-corrected chi connectivity index (χ2v) is 6.14. The first-order chi connectivity index (χ1) is 9.38. The Hall–Kier alpha value is -1.39. The van der Waals surface area contributed by atoms with Crippen LogP contribution in [0.25, 0.3) is 0 Å². The Bertz CT molecular complexity index is 398. The molecule has 0 aromatic heterocycles. The quantitative estimate of drug-likeness (QED) is 0.592. The van der Waals surface area contributed by atoms with E-state index in [0.717, 1.165) is 25.2 Å². The molecule has 0 radical (unpaired) electrons. The number of nitrogens with zero attached hydrogens (tertiary/aromatic N) is 1. The molecule has 0 heterocycles. The number of amides is 1. The Labute approximate surface area is 122 Å². The average Bonchev–Trinajstić information content (AvgIpc) is 2.41. The molecule has 4 heteroatoms. The lowest BCUT2D eigenvalue weighted by Crippen LogP contribution is -2.43. The number of hydrogen-bond acceptors (Lipinski definition) is 3. The summed E-state index contributed by atoms with van der Waals surface area (Å²) >= 11 is 0. The van der Waals surface area contributed by atoms with Crippen LogP contribution in [0.5, 0.6) is 0 Å². The number of carbonyl (C=O) groups excluding carboxylic acids is 1. The van der Waals surface area contributed by atoms with Crippen LogP contribution in [0.2, 0.25) is 0 Å². The van der Waals surface area contributed by atoms with E-state index in [4.69, 9.17) is 0 Å². The summed E-state index contributed by atoms with van der Waals surface area (Å²) < 4.78 is 0. The molecule has 1 aromatic carbocycles.